The maximum atomic E-state index is 12.6. The van der Waals surface area contributed by atoms with Gasteiger partial charge in [0.2, 0.25) is 0 Å². The third-order valence-electron chi connectivity index (χ3n) is 5.68. The van der Waals surface area contributed by atoms with E-state index in [9.17, 15) is 30.0 Å². The average molecular weight is 618 g/mol. The minimum atomic E-state index is -0.338. The number of carbonyl (C=O) groups excluding carboxylic acids is 2. The zero-order chi connectivity index (χ0) is 24.8. The number of nitrogens with zero attached hydrogens (tertiary/aromatic N) is 4. The number of piperazine rings is 1. The Labute approximate surface area is 241 Å². The largest absolute Gasteiger partial charge is 0.506 e. The van der Waals surface area contributed by atoms with Crippen LogP contribution < -0.4 is 0 Å². The quantitative estimate of drug-likeness (QED) is 0.369. The van der Waals surface area contributed by atoms with Crippen LogP contribution in [-0.4, -0.2) is 87.8 Å². The highest BCUT2D eigenvalue weighted by atomic mass is 35.5. The molecule has 38 heavy (non-hydrogen) atoms. The standard InChI is InChI=1S/C22H28N4O6S2.2ClH.2H2O/c1-13-19(29)17(9-27)15(7-23-13)11-33-21(31)25-3-5-26(6-4-25)22(32)34-12-16-8-24-14(2)20(30)18(16)10-28;;;;/h7-8,27-30H,3-6,9-12H2,1-2H3;2*1H;2*1H2. The number of aromatic hydroxyl groups is 2. The summed E-state index contributed by atoms with van der Waals surface area (Å²) in [5.41, 5.74) is 2.81. The van der Waals surface area contributed by atoms with Crippen LogP contribution >= 0.6 is 48.3 Å². The third-order valence-corrected chi connectivity index (χ3v) is 7.60. The predicted octanol–water partition coefficient (Wildman–Crippen LogP) is 1.71. The lowest BCUT2D eigenvalue weighted by molar-refractivity contribution is 0.168. The number of aromatic nitrogens is 2. The predicted molar refractivity (Wildman–Crippen MR) is 151 cm³/mol. The molecule has 0 unspecified atom stereocenters. The van der Waals surface area contributed by atoms with Crippen molar-refractivity contribution in [3.8, 4) is 11.5 Å². The second-order valence-electron chi connectivity index (χ2n) is 7.79. The van der Waals surface area contributed by atoms with E-state index in [-0.39, 0.29) is 82.5 Å². The first-order chi connectivity index (χ1) is 16.3. The van der Waals surface area contributed by atoms with Gasteiger partial charge in [0.25, 0.3) is 10.5 Å². The van der Waals surface area contributed by atoms with Gasteiger partial charge in [-0.05, 0) is 25.0 Å². The maximum absolute atomic E-state index is 12.6. The highest BCUT2D eigenvalue weighted by Crippen LogP contribution is 2.29. The number of aryl methyl sites for hydroxylation is 2. The molecule has 2 amide bonds. The Balaban J connectivity index is 0. The number of rotatable bonds is 6. The molecule has 0 bridgehead atoms. The molecule has 0 aromatic carbocycles. The molecule has 1 fully saturated rings. The number of amides is 2. The molecule has 1 aliphatic rings. The van der Waals surface area contributed by atoms with Gasteiger partial charge in [-0.25, -0.2) is 0 Å². The summed E-state index contributed by atoms with van der Waals surface area (Å²) >= 11 is 2.13. The molecule has 8 N–H and O–H groups in total. The van der Waals surface area contributed by atoms with Crippen molar-refractivity contribution >= 4 is 58.8 Å². The van der Waals surface area contributed by atoms with E-state index < -0.39 is 0 Å². The summed E-state index contributed by atoms with van der Waals surface area (Å²) in [4.78, 5) is 36.8. The Morgan fingerprint density at radius 1 is 0.763 bits per heavy atom. The number of hydrogen-bond donors (Lipinski definition) is 4. The lowest BCUT2D eigenvalue weighted by Gasteiger charge is -2.34. The second kappa shape index (κ2) is 17.5. The van der Waals surface area contributed by atoms with Crippen LogP contribution in [0.4, 0.5) is 9.59 Å². The number of carbonyl (C=O) groups is 2. The number of aliphatic hydroxyl groups excluding tert-OH is 2. The number of thioether (sulfide) groups is 2. The summed E-state index contributed by atoms with van der Waals surface area (Å²) in [5.74, 6) is 0.436. The van der Waals surface area contributed by atoms with E-state index >= 15 is 0 Å². The van der Waals surface area contributed by atoms with Gasteiger partial charge in [-0.15, -0.1) is 24.8 Å². The molecular weight excluding hydrogens is 583 g/mol. The Hall–Kier alpha value is -2.04. The molecule has 2 aromatic rings. The first kappa shape index (κ1) is 38.1. The Kier molecular flexibility index (Phi) is 17.6. The average Bonchev–Trinajstić information content (AvgIpc) is 2.85. The van der Waals surface area contributed by atoms with E-state index in [2.05, 4.69) is 9.97 Å². The lowest BCUT2D eigenvalue weighted by atomic mass is 10.1. The molecule has 0 saturated carbocycles. The van der Waals surface area contributed by atoms with Crippen molar-refractivity contribution in [3.05, 3.63) is 46.0 Å². The van der Waals surface area contributed by atoms with Gasteiger partial charge in [-0.1, -0.05) is 23.5 Å². The molecule has 0 aliphatic carbocycles. The number of hydrogen-bond acceptors (Lipinski definition) is 10. The zero-order valence-electron chi connectivity index (χ0n) is 20.8. The van der Waals surface area contributed by atoms with Gasteiger partial charge < -0.3 is 41.2 Å². The van der Waals surface area contributed by atoms with E-state index in [0.717, 1.165) is 23.5 Å². The smallest absolute Gasteiger partial charge is 0.282 e. The van der Waals surface area contributed by atoms with Gasteiger partial charge in [0.15, 0.2) is 0 Å². The monoisotopic (exact) mass is 616 g/mol. The van der Waals surface area contributed by atoms with Crippen molar-refractivity contribution in [1.29, 1.82) is 0 Å². The van der Waals surface area contributed by atoms with Crippen LogP contribution in [0.25, 0.3) is 0 Å². The first-order valence-corrected chi connectivity index (χ1v) is 12.6. The van der Waals surface area contributed by atoms with Crippen LogP contribution in [0.2, 0.25) is 0 Å². The molecule has 0 spiro atoms. The fourth-order valence-corrected chi connectivity index (χ4v) is 5.29. The van der Waals surface area contributed by atoms with Crippen molar-refractivity contribution in [2.45, 2.75) is 38.6 Å². The Morgan fingerprint density at radius 2 is 1.08 bits per heavy atom. The molecule has 0 radical (unpaired) electrons. The van der Waals surface area contributed by atoms with Crippen LogP contribution in [0.3, 0.4) is 0 Å². The molecule has 3 rings (SSSR count). The van der Waals surface area contributed by atoms with Crippen LogP contribution in [0.5, 0.6) is 11.5 Å². The van der Waals surface area contributed by atoms with Crippen molar-refractivity contribution in [2.75, 3.05) is 26.2 Å². The number of aliphatic hydroxyl groups is 2. The van der Waals surface area contributed by atoms with E-state index in [4.69, 9.17) is 0 Å². The zero-order valence-corrected chi connectivity index (χ0v) is 24.1. The van der Waals surface area contributed by atoms with Gasteiger partial charge in [0.1, 0.15) is 11.5 Å². The molecule has 1 saturated heterocycles. The molecule has 16 heteroatoms. The van der Waals surface area contributed by atoms with Crippen molar-refractivity contribution in [1.82, 2.24) is 19.8 Å². The number of pyridine rings is 2. The van der Waals surface area contributed by atoms with Crippen LogP contribution in [0, 0.1) is 13.8 Å². The second-order valence-corrected chi connectivity index (χ2v) is 9.64. The normalized spacial score (nSPS) is 12.4. The highest BCUT2D eigenvalue weighted by molar-refractivity contribution is 8.13. The van der Waals surface area contributed by atoms with Gasteiger partial charge in [0.05, 0.1) is 24.6 Å². The van der Waals surface area contributed by atoms with Crippen LogP contribution in [0.1, 0.15) is 33.6 Å². The lowest BCUT2D eigenvalue weighted by Crippen LogP contribution is -2.48. The van der Waals surface area contributed by atoms with Gasteiger partial charge in [-0.3, -0.25) is 19.6 Å². The minimum absolute atomic E-state index is 0. The van der Waals surface area contributed by atoms with E-state index in [1.165, 1.54) is 0 Å². The summed E-state index contributed by atoms with van der Waals surface area (Å²) in [6, 6.07) is 0. The summed E-state index contributed by atoms with van der Waals surface area (Å²) < 4.78 is 0. The number of halogens is 2. The van der Waals surface area contributed by atoms with Gasteiger partial charge in [0, 0.05) is 61.2 Å². The fraction of sp³-hybridized carbons (Fsp3) is 0.455. The molecule has 3 heterocycles. The molecule has 0 atom stereocenters. The summed E-state index contributed by atoms with van der Waals surface area (Å²) in [6.45, 7) is 4.21. The van der Waals surface area contributed by atoms with Crippen molar-refractivity contribution in [2.24, 2.45) is 0 Å². The van der Waals surface area contributed by atoms with E-state index in [0.29, 0.717) is 59.8 Å². The SMILES string of the molecule is Cc1ncc(CSC(=O)N2CCN(C(=O)SCc3cnc(C)c(O)c3CO)CC2)c(CO)c1O.Cl.Cl.O.O. The van der Waals surface area contributed by atoms with Gasteiger partial charge >= 0.3 is 0 Å². The third kappa shape index (κ3) is 9.02. The summed E-state index contributed by atoms with van der Waals surface area (Å²) in [5, 5.41) is 38.9. The van der Waals surface area contributed by atoms with Crippen LogP contribution in [-0.2, 0) is 24.7 Å². The fourth-order valence-electron chi connectivity index (χ4n) is 3.50. The Morgan fingerprint density at radius 3 is 1.37 bits per heavy atom. The topological polar surface area (TPSA) is 210 Å². The van der Waals surface area contributed by atoms with Crippen molar-refractivity contribution in [3.63, 3.8) is 0 Å². The van der Waals surface area contributed by atoms with Crippen molar-refractivity contribution < 1.29 is 41.0 Å². The van der Waals surface area contributed by atoms with Crippen LogP contribution in [0.15, 0.2) is 12.4 Å². The maximum Gasteiger partial charge on any atom is 0.282 e. The van der Waals surface area contributed by atoms with Gasteiger partial charge in [-0.2, -0.15) is 0 Å². The minimum Gasteiger partial charge on any atom is -0.506 e. The van der Waals surface area contributed by atoms with E-state index in [1.807, 2.05) is 0 Å². The van der Waals surface area contributed by atoms with E-state index in [1.54, 1.807) is 36.0 Å². The molecule has 1 aliphatic heterocycles. The summed E-state index contributed by atoms with van der Waals surface area (Å²) in [7, 11) is 0. The molecular formula is C22H34Cl2N4O8S2. The molecule has 216 valence electrons. The Bertz CT molecular complexity index is 993. The summed E-state index contributed by atoms with van der Waals surface area (Å²) in [6.07, 6.45) is 3.11. The molecule has 2 aromatic heterocycles. The first-order valence-electron chi connectivity index (χ1n) is 10.6. The molecule has 12 nitrogen and oxygen atoms in total. The highest BCUT2D eigenvalue weighted by Gasteiger charge is 2.25.